The highest BCUT2D eigenvalue weighted by Gasteiger charge is 2.39. The molecule has 3 amide bonds. The van der Waals surface area contributed by atoms with Crippen LogP contribution in [-0.4, -0.2) is 35.5 Å². The van der Waals surface area contributed by atoms with Crippen molar-refractivity contribution >= 4 is 11.9 Å². The van der Waals surface area contributed by atoms with E-state index in [1.807, 2.05) is 4.90 Å². The fourth-order valence-corrected chi connectivity index (χ4v) is 2.86. The molecule has 1 aromatic rings. The summed E-state index contributed by atoms with van der Waals surface area (Å²) in [5, 5.41) is 5.44. The molecule has 0 radical (unpaired) electrons. The highest BCUT2D eigenvalue weighted by Crippen LogP contribution is 2.30. The van der Waals surface area contributed by atoms with E-state index in [0.717, 1.165) is 25.0 Å². The van der Waals surface area contributed by atoms with Gasteiger partial charge in [0, 0.05) is 19.0 Å². The lowest BCUT2D eigenvalue weighted by Gasteiger charge is -2.19. The second-order valence-corrected chi connectivity index (χ2v) is 6.19. The summed E-state index contributed by atoms with van der Waals surface area (Å²) in [6, 6.07) is 2.77. The molecule has 0 bridgehead atoms. The van der Waals surface area contributed by atoms with E-state index in [0.29, 0.717) is 24.6 Å². The lowest BCUT2D eigenvalue weighted by Crippen LogP contribution is -2.44. The van der Waals surface area contributed by atoms with Crippen molar-refractivity contribution in [2.24, 2.45) is 0 Å². The quantitative estimate of drug-likeness (QED) is 0.891. The standard InChI is InChI=1S/C16H19F2N3O2/c1-9(10-2-5-13(17)14(18)6-10)19-16(23)20-11-7-15(22)21(8-11)12-3-4-12/h2,5-6,9,11-12H,3-4,7-8H2,1H3,(H2,19,20,23)/t9-,11+/m0/s1. The molecule has 5 nitrogen and oxygen atoms in total. The molecular weight excluding hydrogens is 304 g/mol. The van der Waals surface area contributed by atoms with E-state index in [4.69, 9.17) is 0 Å². The third-order valence-electron chi connectivity index (χ3n) is 4.27. The van der Waals surface area contributed by atoms with Gasteiger partial charge in [-0.3, -0.25) is 4.79 Å². The minimum atomic E-state index is -0.946. The van der Waals surface area contributed by atoms with Crippen LogP contribution >= 0.6 is 0 Å². The summed E-state index contributed by atoms with van der Waals surface area (Å²) in [7, 11) is 0. The Balaban J connectivity index is 1.52. The first kappa shape index (κ1) is 15.7. The summed E-state index contributed by atoms with van der Waals surface area (Å²) in [5.74, 6) is -1.79. The number of nitrogens with one attached hydrogen (secondary N) is 2. The monoisotopic (exact) mass is 323 g/mol. The summed E-state index contributed by atoms with van der Waals surface area (Å²) >= 11 is 0. The van der Waals surface area contributed by atoms with Crippen molar-refractivity contribution in [3.8, 4) is 0 Å². The van der Waals surface area contributed by atoms with Crippen molar-refractivity contribution in [2.75, 3.05) is 6.54 Å². The number of nitrogens with zero attached hydrogens (tertiary/aromatic N) is 1. The van der Waals surface area contributed by atoms with Crippen LogP contribution in [-0.2, 0) is 4.79 Å². The molecule has 124 valence electrons. The van der Waals surface area contributed by atoms with Gasteiger partial charge in [-0.1, -0.05) is 6.07 Å². The molecule has 2 N–H and O–H groups in total. The van der Waals surface area contributed by atoms with Crippen LogP contribution in [0.1, 0.15) is 37.8 Å². The highest BCUT2D eigenvalue weighted by atomic mass is 19.2. The molecule has 7 heteroatoms. The van der Waals surface area contributed by atoms with E-state index in [2.05, 4.69) is 10.6 Å². The number of hydrogen-bond donors (Lipinski definition) is 2. The number of benzene rings is 1. The zero-order valence-corrected chi connectivity index (χ0v) is 12.8. The van der Waals surface area contributed by atoms with Crippen molar-refractivity contribution < 1.29 is 18.4 Å². The number of likely N-dealkylation sites (tertiary alicyclic amines) is 1. The van der Waals surface area contributed by atoms with Crippen molar-refractivity contribution in [3.63, 3.8) is 0 Å². The molecule has 2 atom stereocenters. The molecule has 23 heavy (non-hydrogen) atoms. The van der Waals surface area contributed by atoms with E-state index >= 15 is 0 Å². The van der Waals surface area contributed by atoms with Crippen molar-refractivity contribution in [1.82, 2.24) is 15.5 Å². The Morgan fingerprint density at radius 3 is 2.70 bits per heavy atom. The van der Waals surface area contributed by atoms with Crippen LogP contribution in [0.4, 0.5) is 13.6 Å². The third-order valence-corrected chi connectivity index (χ3v) is 4.27. The lowest BCUT2D eigenvalue weighted by atomic mass is 10.1. The fourth-order valence-electron chi connectivity index (χ4n) is 2.86. The van der Waals surface area contributed by atoms with Gasteiger partial charge in [-0.25, -0.2) is 13.6 Å². The normalized spacial score (nSPS) is 22.1. The van der Waals surface area contributed by atoms with Gasteiger partial charge in [0.15, 0.2) is 11.6 Å². The van der Waals surface area contributed by atoms with Crippen LogP contribution in [0, 0.1) is 11.6 Å². The number of amides is 3. The number of carbonyl (C=O) groups excluding carboxylic acids is 2. The van der Waals surface area contributed by atoms with Gasteiger partial charge in [0.1, 0.15) is 0 Å². The molecule has 3 rings (SSSR count). The minimum absolute atomic E-state index is 0.0754. The molecule has 1 aromatic carbocycles. The van der Waals surface area contributed by atoms with Gasteiger partial charge in [0.2, 0.25) is 5.91 Å². The summed E-state index contributed by atoms with van der Waals surface area (Å²) in [6.07, 6.45) is 2.39. The van der Waals surface area contributed by atoms with E-state index in [1.165, 1.54) is 6.07 Å². The van der Waals surface area contributed by atoms with Crippen LogP contribution in [0.3, 0.4) is 0 Å². The second kappa shape index (κ2) is 6.14. The fraction of sp³-hybridized carbons (Fsp3) is 0.500. The van der Waals surface area contributed by atoms with Crippen molar-refractivity contribution in [1.29, 1.82) is 0 Å². The zero-order valence-electron chi connectivity index (χ0n) is 12.8. The van der Waals surface area contributed by atoms with Crippen molar-refractivity contribution in [2.45, 2.75) is 44.3 Å². The van der Waals surface area contributed by atoms with Gasteiger partial charge >= 0.3 is 6.03 Å². The van der Waals surface area contributed by atoms with Gasteiger partial charge in [0.05, 0.1) is 12.1 Å². The Bertz CT molecular complexity index is 634. The molecule has 2 aliphatic rings. The van der Waals surface area contributed by atoms with E-state index < -0.39 is 23.7 Å². The molecule has 1 saturated carbocycles. The molecule has 2 fully saturated rings. The molecule has 1 aliphatic heterocycles. The molecule has 0 spiro atoms. The lowest BCUT2D eigenvalue weighted by molar-refractivity contribution is -0.128. The number of carbonyl (C=O) groups is 2. The molecular formula is C16H19F2N3O2. The first-order chi connectivity index (χ1) is 10.9. The number of halogens is 2. The Hall–Kier alpha value is -2.18. The van der Waals surface area contributed by atoms with Gasteiger partial charge in [0.25, 0.3) is 0 Å². The Kier molecular flexibility index (Phi) is 4.19. The Labute approximate surface area is 133 Å². The predicted molar refractivity (Wildman–Crippen MR) is 79.6 cm³/mol. The largest absolute Gasteiger partial charge is 0.338 e. The molecule has 0 unspecified atom stereocenters. The summed E-state index contributed by atoms with van der Waals surface area (Å²) in [6.45, 7) is 2.22. The van der Waals surface area contributed by atoms with Gasteiger partial charge < -0.3 is 15.5 Å². The average molecular weight is 323 g/mol. The van der Waals surface area contributed by atoms with Crippen LogP contribution in [0.15, 0.2) is 18.2 Å². The summed E-state index contributed by atoms with van der Waals surface area (Å²) in [4.78, 5) is 25.7. The SMILES string of the molecule is C[C@H](NC(=O)N[C@@H]1CC(=O)N(C2CC2)C1)c1ccc(F)c(F)c1. The van der Waals surface area contributed by atoms with Gasteiger partial charge in [-0.2, -0.15) is 0 Å². The summed E-state index contributed by atoms with van der Waals surface area (Å²) in [5.41, 5.74) is 0.473. The molecule has 1 heterocycles. The first-order valence-electron chi connectivity index (χ1n) is 7.75. The van der Waals surface area contributed by atoms with Crippen LogP contribution < -0.4 is 10.6 Å². The maximum absolute atomic E-state index is 13.2. The van der Waals surface area contributed by atoms with Crippen LogP contribution in [0.25, 0.3) is 0 Å². The van der Waals surface area contributed by atoms with E-state index in [1.54, 1.807) is 6.92 Å². The minimum Gasteiger partial charge on any atom is -0.338 e. The van der Waals surface area contributed by atoms with Crippen LogP contribution in [0.2, 0.25) is 0 Å². The molecule has 0 aromatic heterocycles. The van der Waals surface area contributed by atoms with Gasteiger partial charge in [-0.15, -0.1) is 0 Å². The van der Waals surface area contributed by atoms with E-state index in [9.17, 15) is 18.4 Å². The maximum Gasteiger partial charge on any atom is 0.315 e. The maximum atomic E-state index is 13.2. The number of rotatable bonds is 4. The first-order valence-corrected chi connectivity index (χ1v) is 7.75. The topological polar surface area (TPSA) is 61.4 Å². The number of urea groups is 1. The Morgan fingerprint density at radius 2 is 2.04 bits per heavy atom. The Morgan fingerprint density at radius 1 is 1.30 bits per heavy atom. The molecule has 1 aliphatic carbocycles. The third kappa shape index (κ3) is 3.60. The number of hydrogen-bond acceptors (Lipinski definition) is 2. The second-order valence-electron chi connectivity index (χ2n) is 6.19. The predicted octanol–water partition coefficient (Wildman–Crippen LogP) is 2.09. The zero-order chi connectivity index (χ0) is 16.6. The smallest absolute Gasteiger partial charge is 0.315 e. The average Bonchev–Trinajstić information content (AvgIpc) is 3.26. The van der Waals surface area contributed by atoms with Crippen molar-refractivity contribution in [3.05, 3.63) is 35.4 Å². The summed E-state index contributed by atoms with van der Waals surface area (Å²) < 4.78 is 26.2. The van der Waals surface area contributed by atoms with Crippen LogP contribution in [0.5, 0.6) is 0 Å². The molecule has 1 saturated heterocycles. The van der Waals surface area contributed by atoms with E-state index in [-0.39, 0.29) is 11.9 Å². The highest BCUT2D eigenvalue weighted by molar-refractivity contribution is 5.82. The van der Waals surface area contributed by atoms with Gasteiger partial charge in [-0.05, 0) is 37.5 Å².